The maximum Gasteiger partial charge on any atom is 0.320 e. The molecule has 19 heavy (non-hydrogen) atoms. The van der Waals surface area contributed by atoms with Crippen molar-refractivity contribution in [3.8, 4) is 11.4 Å². The summed E-state index contributed by atoms with van der Waals surface area (Å²) in [5.74, 6) is -0.135. The molecule has 7 nitrogen and oxygen atoms in total. The highest BCUT2D eigenvalue weighted by atomic mass is 16.4. The first kappa shape index (κ1) is 13.0. The zero-order chi connectivity index (χ0) is 13.8. The second kappa shape index (κ2) is 5.49. The second-order valence-corrected chi connectivity index (χ2v) is 4.12. The van der Waals surface area contributed by atoms with E-state index in [-0.39, 0.29) is 6.42 Å². The summed E-state index contributed by atoms with van der Waals surface area (Å²) in [6.07, 6.45) is 0.246. The summed E-state index contributed by atoms with van der Waals surface area (Å²) in [6, 6.07) is 6.27. The third-order valence-corrected chi connectivity index (χ3v) is 2.54. The minimum Gasteiger partial charge on any atom is -0.480 e. The Labute approximate surface area is 109 Å². The number of nitrogens with zero attached hydrogens (tertiary/aromatic N) is 4. The first-order valence-electron chi connectivity index (χ1n) is 5.68. The van der Waals surface area contributed by atoms with E-state index in [9.17, 15) is 4.79 Å². The number of aliphatic carboxylic acids is 1. The molecule has 1 aromatic carbocycles. The number of hydrogen-bond acceptors (Lipinski definition) is 6. The molecule has 0 aliphatic heterocycles. The van der Waals surface area contributed by atoms with Crippen LogP contribution < -0.4 is 5.73 Å². The molecule has 0 spiro atoms. The van der Waals surface area contributed by atoms with Crippen molar-refractivity contribution in [2.24, 2.45) is 5.73 Å². The molecule has 0 aliphatic rings. The monoisotopic (exact) mass is 259 g/mol. The molecule has 0 saturated carbocycles. The Morgan fingerprint density at radius 3 is 2.63 bits per heavy atom. The highest BCUT2D eigenvalue weighted by molar-refractivity contribution is 5.73. The quantitative estimate of drug-likeness (QED) is 0.805. The van der Waals surface area contributed by atoms with Crippen molar-refractivity contribution in [3.63, 3.8) is 0 Å². The molecule has 1 aromatic heterocycles. The Morgan fingerprint density at radius 2 is 2.00 bits per heavy atom. The fraction of sp³-hybridized carbons (Fsp3) is 0.250. The molecule has 2 rings (SSSR count). The predicted octanol–water partition coefficient (Wildman–Crippen LogP) is 0.196. The van der Waals surface area contributed by atoms with Crippen molar-refractivity contribution in [1.29, 1.82) is 0 Å². The van der Waals surface area contributed by atoms with Crippen LogP contribution in [0, 0.1) is 6.92 Å². The number of nitrogens with two attached hydrogens (primary N) is 1. The minimum absolute atomic E-state index is 0.246. The topological polar surface area (TPSA) is 115 Å². The van der Waals surface area contributed by atoms with Crippen molar-refractivity contribution in [2.45, 2.75) is 19.4 Å². The van der Waals surface area contributed by atoms with Crippen LogP contribution in [0.5, 0.6) is 0 Å². The lowest BCUT2D eigenvalue weighted by atomic mass is 10.0. The second-order valence-electron chi connectivity index (χ2n) is 4.12. The van der Waals surface area contributed by atoms with Crippen LogP contribution in [0.3, 0.4) is 0 Å². The Hall–Kier alpha value is -2.41. The van der Waals surface area contributed by atoms with Gasteiger partial charge in [-0.05, 0) is 25.0 Å². The molecule has 1 heterocycles. The van der Waals surface area contributed by atoms with Gasteiger partial charge in [0.25, 0.3) is 0 Å². The third-order valence-electron chi connectivity index (χ3n) is 2.54. The lowest BCUT2D eigenvalue weighted by Gasteiger charge is -2.07. The molecule has 0 amide bonds. The molecular formula is C12H13N5O2. The number of hydrogen-bond donors (Lipinski definition) is 2. The van der Waals surface area contributed by atoms with Crippen LogP contribution in [-0.4, -0.2) is 37.5 Å². The van der Waals surface area contributed by atoms with Gasteiger partial charge in [0.2, 0.25) is 5.82 Å². The van der Waals surface area contributed by atoms with Crippen LogP contribution in [0.1, 0.15) is 11.4 Å². The molecule has 2 aromatic rings. The molecule has 0 fully saturated rings. The molecule has 1 unspecified atom stereocenters. The van der Waals surface area contributed by atoms with E-state index in [2.05, 4.69) is 20.4 Å². The van der Waals surface area contributed by atoms with Gasteiger partial charge in [-0.25, -0.2) is 0 Å². The van der Waals surface area contributed by atoms with Gasteiger partial charge in [-0.3, -0.25) is 4.79 Å². The fourth-order valence-electron chi connectivity index (χ4n) is 1.57. The maximum absolute atomic E-state index is 10.7. The van der Waals surface area contributed by atoms with Gasteiger partial charge in [-0.2, -0.15) is 0 Å². The van der Waals surface area contributed by atoms with E-state index >= 15 is 0 Å². The third kappa shape index (κ3) is 3.29. The fourth-order valence-corrected chi connectivity index (χ4v) is 1.57. The van der Waals surface area contributed by atoms with E-state index in [1.165, 1.54) is 0 Å². The Bertz CT molecular complexity index is 585. The number of carboxylic acid groups (broad SMARTS) is 1. The van der Waals surface area contributed by atoms with Crippen molar-refractivity contribution in [1.82, 2.24) is 20.4 Å². The van der Waals surface area contributed by atoms with E-state index < -0.39 is 12.0 Å². The zero-order valence-electron chi connectivity index (χ0n) is 10.3. The summed E-state index contributed by atoms with van der Waals surface area (Å²) in [5, 5.41) is 24.3. The van der Waals surface area contributed by atoms with Crippen molar-refractivity contribution >= 4 is 5.97 Å². The van der Waals surface area contributed by atoms with E-state index in [0.717, 1.165) is 11.1 Å². The standard InChI is InChI=1S/C12H13N5O2/c1-7-14-16-11(17-15-7)9-4-2-3-8(5-9)6-10(13)12(18)19/h2-5,10H,6,13H2,1H3,(H,18,19). The van der Waals surface area contributed by atoms with Crippen molar-refractivity contribution in [3.05, 3.63) is 35.7 Å². The molecule has 1 atom stereocenters. The maximum atomic E-state index is 10.7. The normalized spacial score (nSPS) is 12.1. The van der Waals surface area contributed by atoms with Gasteiger partial charge >= 0.3 is 5.97 Å². The average Bonchev–Trinajstić information content (AvgIpc) is 2.39. The first-order valence-corrected chi connectivity index (χ1v) is 5.68. The van der Waals surface area contributed by atoms with Gasteiger partial charge in [0.15, 0.2) is 5.82 Å². The molecule has 98 valence electrons. The van der Waals surface area contributed by atoms with Gasteiger partial charge < -0.3 is 10.8 Å². The van der Waals surface area contributed by atoms with Gasteiger partial charge in [-0.15, -0.1) is 20.4 Å². The summed E-state index contributed by atoms with van der Waals surface area (Å²) < 4.78 is 0. The Kier molecular flexibility index (Phi) is 3.76. The molecule has 0 bridgehead atoms. The van der Waals surface area contributed by atoms with Gasteiger partial charge in [0, 0.05) is 5.56 Å². The number of aromatic nitrogens is 4. The van der Waals surface area contributed by atoms with E-state index in [0.29, 0.717) is 11.6 Å². The Balaban J connectivity index is 2.24. The molecule has 7 heteroatoms. The lowest BCUT2D eigenvalue weighted by molar-refractivity contribution is -0.138. The summed E-state index contributed by atoms with van der Waals surface area (Å²) in [7, 11) is 0. The van der Waals surface area contributed by atoms with E-state index in [4.69, 9.17) is 10.8 Å². The van der Waals surface area contributed by atoms with Crippen LogP contribution in [0.25, 0.3) is 11.4 Å². The van der Waals surface area contributed by atoms with Gasteiger partial charge in [-0.1, -0.05) is 18.2 Å². The zero-order valence-corrected chi connectivity index (χ0v) is 10.3. The molecule has 0 saturated heterocycles. The number of rotatable bonds is 4. The number of carboxylic acids is 1. The smallest absolute Gasteiger partial charge is 0.320 e. The van der Waals surface area contributed by atoms with Crippen molar-refractivity contribution in [2.75, 3.05) is 0 Å². The van der Waals surface area contributed by atoms with Crippen LogP contribution >= 0.6 is 0 Å². The van der Waals surface area contributed by atoms with E-state index in [1.807, 2.05) is 6.07 Å². The summed E-state index contributed by atoms with van der Waals surface area (Å²) in [4.78, 5) is 10.7. The SMILES string of the molecule is Cc1nnc(-c2cccc(CC(N)C(=O)O)c2)nn1. The minimum atomic E-state index is -1.03. The predicted molar refractivity (Wildman–Crippen MR) is 67.1 cm³/mol. The van der Waals surface area contributed by atoms with E-state index in [1.54, 1.807) is 25.1 Å². The number of benzene rings is 1. The van der Waals surface area contributed by atoms with Crippen LogP contribution in [-0.2, 0) is 11.2 Å². The van der Waals surface area contributed by atoms with Crippen molar-refractivity contribution < 1.29 is 9.90 Å². The largest absolute Gasteiger partial charge is 0.480 e. The van der Waals surface area contributed by atoms with Crippen LogP contribution in [0.4, 0.5) is 0 Å². The highest BCUT2D eigenvalue weighted by Gasteiger charge is 2.13. The molecular weight excluding hydrogens is 246 g/mol. The highest BCUT2D eigenvalue weighted by Crippen LogP contribution is 2.15. The van der Waals surface area contributed by atoms with Gasteiger partial charge in [0.1, 0.15) is 6.04 Å². The number of carbonyl (C=O) groups is 1. The average molecular weight is 259 g/mol. The van der Waals surface area contributed by atoms with Crippen LogP contribution in [0.15, 0.2) is 24.3 Å². The molecule has 0 aliphatic carbocycles. The molecule has 3 N–H and O–H groups in total. The number of aryl methyl sites for hydroxylation is 1. The summed E-state index contributed by atoms with van der Waals surface area (Å²) in [6.45, 7) is 1.70. The van der Waals surface area contributed by atoms with Gasteiger partial charge in [0.05, 0.1) is 0 Å². The first-order chi connectivity index (χ1) is 9.06. The lowest BCUT2D eigenvalue weighted by Crippen LogP contribution is -2.32. The molecule has 0 radical (unpaired) electrons. The van der Waals surface area contributed by atoms with Crippen LogP contribution in [0.2, 0.25) is 0 Å². The Morgan fingerprint density at radius 1 is 1.32 bits per heavy atom. The summed E-state index contributed by atoms with van der Waals surface area (Å²) >= 11 is 0. The summed E-state index contributed by atoms with van der Waals surface area (Å²) in [5.41, 5.74) is 7.04.